The molecule has 5 nitrogen and oxygen atoms in total. The second-order valence-electron chi connectivity index (χ2n) is 4.92. The van der Waals surface area contributed by atoms with Gasteiger partial charge in [-0.15, -0.1) is 0 Å². The van der Waals surface area contributed by atoms with Crippen molar-refractivity contribution < 1.29 is 13.6 Å². The normalized spacial score (nSPS) is 10.9. The maximum Gasteiger partial charge on any atom is 0.251 e. The van der Waals surface area contributed by atoms with E-state index in [-0.39, 0.29) is 17.3 Å². The lowest BCUT2D eigenvalue weighted by Crippen LogP contribution is -2.15. The average Bonchev–Trinajstić information content (AvgIpc) is 2.85. The topological polar surface area (TPSA) is 72.9 Å². The minimum Gasteiger partial charge on any atom is -0.377 e. The Hall–Kier alpha value is -2.44. The smallest absolute Gasteiger partial charge is 0.251 e. The van der Waals surface area contributed by atoms with Crippen molar-refractivity contribution in [3.8, 4) is 0 Å². The predicted octanol–water partition coefficient (Wildman–Crippen LogP) is 2.45. The summed E-state index contributed by atoms with van der Waals surface area (Å²) < 4.78 is 29.0. The van der Waals surface area contributed by atoms with E-state index in [2.05, 4.69) is 10.3 Å². The third kappa shape index (κ3) is 3.18. The summed E-state index contributed by atoms with van der Waals surface area (Å²) in [6.45, 7) is 4.28. The highest BCUT2D eigenvalue weighted by atomic mass is 19.1. The van der Waals surface area contributed by atoms with E-state index in [1.165, 1.54) is 0 Å². The minimum atomic E-state index is -0.974. The Balaban J connectivity index is 2.22. The Morgan fingerprint density at radius 1 is 1.38 bits per heavy atom. The number of hydrogen-bond acceptors (Lipinski definition) is 3. The third-order valence-corrected chi connectivity index (χ3v) is 3.08. The molecule has 1 aromatic heterocycles. The van der Waals surface area contributed by atoms with E-state index in [9.17, 15) is 13.6 Å². The fraction of sp³-hybridized carbons (Fsp3) is 0.286. The molecule has 0 atom stereocenters. The Morgan fingerprint density at radius 3 is 2.71 bits per heavy atom. The van der Waals surface area contributed by atoms with Crippen LogP contribution in [0.25, 0.3) is 0 Å². The second-order valence-corrected chi connectivity index (χ2v) is 4.92. The van der Waals surface area contributed by atoms with Crippen LogP contribution in [0.15, 0.2) is 24.7 Å². The number of primary amides is 1. The lowest BCUT2D eigenvalue weighted by Gasteiger charge is -2.14. The summed E-state index contributed by atoms with van der Waals surface area (Å²) >= 11 is 0. The van der Waals surface area contributed by atoms with Crippen LogP contribution in [-0.4, -0.2) is 15.5 Å². The minimum absolute atomic E-state index is 0.0155. The molecule has 0 bridgehead atoms. The predicted molar refractivity (Wildman–Crippen MR) is 74.8 cm³/mol. The second kappa shape index (κ2) is 5.90. The van der Waals surface area contributed by atoms with Gasteiger partial charge in [-0.25, -0.2) is 13.8 Å². The van der Waals surface area contributed by atoms with Crippen molar-refractivity contribution in [2.75, 3.05) is 5.32 Å². The number of imidazole rings is 1. The molecule has 3 N–H and O–H groups in total. The van der Waals surface area contributed by atoms with E-state index in [1.807, 2.05) is 18.4 Å². The average molecular weight is 294 g/mol. The molecule has 0 aliphatic heterocycles. The van der Waals surface area contributed by atoms with E-state index in [1.54, 1.807) is 12.5 Å². The monoisotopic (exact) mass is 294 g/mol. The molecule has 0 aliphatic rings. The fourth-order valence-electron chi connectivity index (χ4n) is 1.99. The largest absolute Gasteiger partial charge is 0.377 e. The SMILES string of the molecule is CC(C)n1cncc1CNc1cc(C(N)=O)c(F)cc1F. The summed E-state index contributed by atoms with van der Waals surface area (Å²) in [6.07, 6.45) is 3.33. The first-order chi connectivity index (χ1) is 9.90. The van der Waals surface area contributed by atoms with Crippen LogP contribution < -0.4 is 11.1 Å². The summed E-state index contributed by atoms with van der Waals surface area (Å²) in [6, 6.07) is 1.93. The van der Waals surface area contributed by atoms with Crippen LogP contribution in [0.5, 0.6) is 0 Å². The maximum absolute atomic E-state index is 13.7. The number of carbonyl (C=O) groups is 1. The number of rotatable bonds is 5. The first-order valence-electron chi connectivity index (χ1n) is 6.43. The van der Waals surface area contributed by atoms with Gasteiger partial charge in [-0.1, -0.05) is 0 Å². The number of benzene rings is 1. The van der Waals surface area contributed by atoms with Crippen LogP contribution in [0.4, 0.5) is 14.5 Å². The molecule has 1 aromatic carbocycles. The van der Waals surface area contributed by atoms with Gasteiger partial charge in [0.2, 0.25) is 0 Å². The van der Waals surface area contributed by atoms with Gasteiger partial charge in [-0.3, -0.25) is 4.79 Å². The number of carbonyl (C=O) groups excluding carboxylic acids is 1. The van der Waals surface area contributed by atoms with Gasteiger partial charge in [0.05, 0.1) is 29.8 Å². The summed E-state index contributed by atoms with van der Waals surface area (Å²) in [5.74, 6) is -2.70. The molecule has 0 aliphatic carbocycles. The molecule has 112 valence electrons. The molecule has 21 heavy (non-hydrogen) atoms. The van der Waals surface area contributed by atoms with Crippen LogP contribution in [0.2, 0.25) is 0 Å². The van der Waals surface area contributed by atoms with Crippen LogP contribution in [-0.2, 0) is 6.54 Å². The van der Waals surface area contributed by atoms with E-state index in [0.29, 0.717) is 12.6 Å². The molecule has 0 fully saturated rings. The number of nitrogens with one attached hydrogen (secondary N) is 1. The van der Waals surface area contributed by atoms with Gasteiger partial charge in [0, 0.05) is 18.3 Å². The van der Waals surface area contributed by atoms with Gasteiger partial charge < -0.3 is 15.6 Å². The highest BCUT2D eigenvalue weighted by molar-refractivity contribution is 5.94. The molecular weight excluding hydrogens is 278 g/mol. The highest BCUT2D eigenvalue weighted by Crippen LogP contribution is 2.20. The summed E-state index contributed by atoms with van der Waals surface area (Å²) in [7, 11) is 0. The van der Waals surface area contributed by atoms with Crippen molar-refractivity contribution in [2.45, 2.75) is 26.4 Å². The molecule has 0 radical (unpaired) electrons. The summed E-state index contributed by atoms with van der Waals surface area (Å²) in [4.78, 5) is 15.1. The molecule has 0 saturated heterocycles. The van der Waals surface area contributed by atoms with Crippen LogP contribution >= 0.6 is 0 Å². The Bertz CT molecular complexity index is 667. The molecule has 0 spiro atoms. The van der Waals surface area contributed by atoms with Crippen molar-refractivity contribution in [3.05, 3.63) is 47.5 Å². The molecule has 0 unspecified atom stereocenters. The van der Waals surface area contributed by atoms with E-state index in [0.717, 1.165) is 11.8 Å². The van der Waals surface area contributed by atoms with Crippen LogP contribution in [0.1, 0.15) is 35.9 Å². The van der Waals surface area contributed by atoms with Gasteiger partial charge in [0.1, 0.15) is 11.6 Å². The van der Waals surface area contributed by atoms with Crippen LogP contribution in [0.3, 0.4) is 0 Å². The van der Waals surface area contributed by atoms with Crippen molar-refractivity contribution in [2.24, 2.45) is 5.73 Å². The number of aromatic nitrogens is 2. The van der Waals surface area contributed by atoms with Crippen LogP contribution in [0, 0.1) is 11.6 Å². The zero-order chi connectivity index (χ0) is 15.6. The number of hydrogen-bond donors (Lipinski definition) is 2. The van der Waals surface area contributed by atoms with Gasteiger partial charge >= 0.3 is 0 Å². The van der Waals surface area contributed by atoms with Gasteiger partial charge in [0.15, 0.2) is 0 Å². The highest BCUT2D eigenvalue weighted by Gasteiger charge is 2.14. The number of nitrogens with zero attached hydrogens (tertiary/aromatic N) is 2. The van der Waals surface area contributed by atoms with E-state index >= 15 is 0 Å². The molecule has 2 rings (SSSR count). The molecular formula is C14H16F2N4O. The Morgan fingerprint density at radius 2 is 2.10 bits per heavy atom. The standard InChI is InChI=1S/C14H16F2N4O/c1-8(2)20-7-18-5-9(20)6-19-13-3-10(14(17)21)11(15)4-12(13)16/h3-5,7-8,19H,6H2,1-2H3,(H2,17,21). The molecule has 0 saturated carbocycles. The Kier molecular flexibility index (Phi) is 4.21. The number of halogens is 2. The molecule has 7 heteroatoms. The van der Waals surface area contributed by atoms with Gasteiger partial charge in [-0.05, 0) is 19.9 Å². The van der Waals surface area contributed by atoms with Crippen molar-refractivity contribution in [3.63, 3.8) is 0 Å². The van der Waals surface area contributed by atoms with Gasteiger partial charge in [0.25, 0.3) is 5.91 Å². The van der Waals surface area contributed by atoms with Crippen molar-refractivity contribution in [1.82, 2.24) is 9.55 Å². The lowest BCUT2D eigenvalue weighted by atomic mass is 10.1. The number of nitrogens with two attached hydrogens (primary N) is 1. The molecule has 1 heterocycles. The first kappa shape index (κ1) is 15.0. The van der Waals surface area contributed by atoms with E-state index < -0.39 is 17.5 Å². The van der Waals surface area contributed by atoms with E-state index in [4.69, 9.17) is 5.73 Å². The summed E-state index contributed by atoms with van der Waals surface area (Å²) in [5.41, 5.74) is 5.55. The summed E-state index contributed by atoms with van der Waals surface area (Å²) in [5, 5.41) is 2.82. The van der Waals surface area contributed by atoms with Gasteiger partial charge in [-0.2, -0.15) is 0 Å². The fourth-order valence-corrected chi connectivity index (χ4v) is 1.99. The zero-order valence-corrected chi connectivity index (χ0v) is 11.7. The number of anilines is 1. The first-order valence-corrected chi connectivity index (χ1v) is 6.43. The quantitative estimate of drug-likeness (QED) is 0.889. The van der Waals surface area contributed by atoms with Crippen molar-refractivity contribution in [1.29, 1.82) is 0 Å². The molecule has 2 aromatic rings. The Labute approximate surface area is 120 Å². The van der Waals surface area contributed by atoms with Crippen molar-refractivity contribution >= 4 is 11.6 Å². The number of amides is 1. The lowest BCUT2D eigenvalue weighted by molar-refractivity contribution is 0.0996. The maximum atomic E-state index is 13.7. The zero-order valence-electron chi connectivity index (χ0n) is 11.7. The molecule has 1 amide bonds. The third-order valence-electron chi connectivity index (χ3n) is 3.08.